The average Bonchev–Trinajstić information content (AvgIpc) is 3.31. The molecule has 3 N–H and O–H groups in total. The van der Waals surface area contributed by atoms with Gasteiger partial charge in [-0.25, -0.2) is 0 Å². The van der Waals surface area contributed by atoms with Crippen molar-refractivity contribution in [3.63, 3.8) is 0 Å². The fourth-order valence-electron chi connectivity index (χ4n) is 5.06. The van der Waals surface area contributed by atoms with E-state index in [1.807, 2.05) is 51.1 Å². The van der Waals surface area contributed by atoms with Crippen molar-refractivity contribution in [1.29, 1.82) is 0 Å². The quantitative estimate of drug-likeness (QED) is 0.381. The molecule has 0 unspecified atom stereocenters. The largest absolute Gasteiger partial charge is 0.491 e. The Labute approximate surface area is 231 Å². The summed E-state index contributed by atoms with van der Waals surface area (Å²) in [7, 11) is 0. The molecule has 2 aromatic carbocycles. The topological polar surface area (TPSA) is 108 Å². The highest BCUT2D eigenvalue weighted by Gasteiger charge is 2.29. The Hall–Kier alpha value is -3.39. The zero-order chi connectivity index (χ0) is 27.9. The van der Waals surface area contributed by atoms with Gasteiger partial charge in [0.1, 0.15) is 5.75 Å². The van der Waals surface area contributed by atoms with Crippen molar-refractivity contribution in [3.8, 4) is 5.75 Å². The fraction of sp³-hybridized carbons (Fsp3) is 0.516. The Morgan fingerprint density at radius 2 is 1.82 bits per heavy atom. The predicted octanol–water partition coefficient (Wildman–Crippen LogP) is 4.00. The first-order valence-electron chi connectivity index (χ1n) is 14.1. The molecule has 1 aliphatic heterocycles. The van der Waals surface area contributed by atoms with Gasteiger partial charge in [0.25, 0.3) is 5.91 Å². The average molecular weight is 536 g/mol. The van der Waals surface area contributed by atoms with Crippen LogP contribution in [-0.4, -0.2) is 53.7 Å². The monoisotopic (exact) mass is 535 g/mol. The van der Waals surface area contributed by atoms with Crippen molar-refractivity contribution in [2.45, 2.75) is 90.0 Å². The lowest BCUT2D eigenvalue weighted by atomic mass is 9.90. The van der Waals surface area contributed by atoms with Gasteiger partial charge in [0.05, 0.1) is 18.2 Å². The molecule has 39 heavy (non-hydrogen) atoms. The lowest BCUT2D eigenvalue weighted by Gasteiger charge is -2.30. The minimum atomic E-state index is -0.939. The second-order valence-electron chi connectivity index (χ2n) is 11.1. The molecule has 2 aliphatic rings. The molecule has 3 atom stereocenters. The summed E-state index contributed by atoms with van der Waals surface area (Å²) in [6, 6.07) is 14.4. The van der Waals surface area contributed by atoms with E-state index in [0.29, 0.717) is 36.4 Å². The molecule has 3 amide bonds. The van der Waals surface area contributed by atoms with Crippen LogP contribution in [0.1, 0.15) is 75.2 Å². The molecule has 8 nitrogen and oxygen atoms in total. The summed E-state index contributed by atoms with van der Waals surface area (Å²) in [5.74, 6) is -0.305. The van der Waals surface area contributed by atoms with Crippen molar-refractivity contribution < 1.29 is 24.2 Å². The molecule has 1 heterocycles. The first-order chi connectivity index (χ1) is 18.7. The standard InChI is InChI=1S/C31H41N3O5/c1-20(2)39-26-18-23(17-25(19-26)34-14-8-13-29(34)36)31(38)33-27(16-22-9-5-4-6-10-22)28(35)15-21(3)30(37)32-24-11-7-12-24/h4-6,9-10,17-21,24,27-28,35H,7-8,11-16H2,1-3H3,(H,32,37)(H,33,38)/t21-,27+,28+/m1/s1. The van der Waals surface area contributed by atoms with Gasteiger partial charge in [0.2, 0.25) is 11.8 Å². The third kappa shape index (κ3) is 7.82. The van der Waals surface area contributed by atoms with E-state index < -0.39 is 18.1 Å². The maximum atomic E-state index is 13.6. The number of anilines is 1. The van der Waals surface area contributed by atoms with Crippen LogP contribution in [0.25, 0.3) is 0 Å². The van der Waals surface area contributed by atoms with Crippen molar-refractivity contribution in [2.75, 3.05) is 11.4 Å². The molecule has 0 bridgehead atoms. The molecular weight excluding hydrogens is 494 g/mol. The van der Waals surface area contributed by atoms with Crippen LogP contribution in [0.2, 0.25) is 0 Å². The summed E-state index contributed by atoms with van der Waals surface area (Å²) < 4.78 is 5.90. The number of hydrogen-bond donors (Lipinski definition) is 3. The van der Waals surface area contributed by atoms with Crippen LogP contribution in [0.15, 0.2) is 48.5 Å². The number of aliphatic hydroxyl groups excluding tert-OH is 1. The van der Waals surface area contributed by atoms with Gasteiger partial charge in [-0.05, 0) is 70.1 Å². The summed E-state index contributed by atoms with van der Waals surface area (Å²) in [4.78, 5) is 40.4. The van der Waals surface area contributed by atoms with Gasteiger partial charge in [-0.1, -0.05) is 37.3 Å². The summed E-state index contributed by atoms with van der Waals surface area (Å²) in [6.45, 7) is 6.22. The molecule has 0 radical (unpaired) electrons. The van der Waals surface area contributed by atoms with E-state index >= 15 is 0 Å². The second-order valence-corrected chi connectivity index (χ2v) is 11.1. The Bertz CT molecular complexity index is 1150. The van der Waals surface area contributed by atoms with Crippen molar-refractivity contribution in [2.24, 2.45) is 5.92 Å². The zero-order valence-electron chi connectivity index (χ0n) is 23.2. The van der Waals surface area contributed by atoms with Gasteiger partial charge in [-0.15, -0.1) is 0 Å². The molecule has 0 spiro atoms. The molecule has 8 heteroatoms. The maximum Gasteiger partial charge on any atom is 0.251 e. The number of nitrogens with one attached hydrogen (secondary N) is 2. The van der Waals surface area contributed by atoms with Gasteiger partial charge < -0.3 is 25.4 Å². The lowest BCUT2D eigenvalue weighted by molar-refractivity contribution is -0.126. The minimum absolute atomic E-state index is 0.0228. The molecule has 2 aromatic rings. The first kappa shape index (κ1) is 28.6. The van der Waals surface area contributed by atoms with Crippen LogP contribution in [0.5, 0.6) is 5.75 Å². The molecular formula is C31H41N3O5. The van der Waals surface area contributed by atoms with Crippen molar-refractivity contribution in [3.05, 3.63) is 59.7 Å². The highest BCUT2D eigenvalue weighted by atomic mass is 16.5. The number of aliphatic hydroxyl groups is 1. The number of benzene rings is 2. The van der Waals surface area contributed by atoms with Crippen LogP contribution in [-0.2, 0) is 16.0 Å². The molecule has 1 saturated heterocycles. The lowest BCUT2D eigenvalue weighted by Crippen LogP contribution is -2.47. The SMILES string of the molecule is CC(C)Oc1cc(C(=O)N[C@@H](Cc2ccccc2)[C@@H](O)C[C@@H](C)C(=O)NC2CCC2)cc(N2CCCC2=O)c1. The number of carbonyl (C=O) groups excluding carboxylic acids is 3. The summed E-state index contributed by atoms with van der Waals surface area (Å²) in [5.41, 5.74) is 1.94. The van der Waals surface area contributed by atoms with Gasteiger partial charge in [0.15, 0.2) is 0 Å². The molecule has 2 fully saturated rings. The maximum absolute atomic E-state index is 13.6. The third-order valence-corrected chi connectivity index (χ3v) is 7.48. The van der Waals surface area contributed by atoms with Crippen LogP contribution >= 0.6 is 0 Å². The van der Waals surface area contributed by atoms with E-state index in [9.17, 15) is 19.5 Å². The van der Waals surface area contributed by atoms with E-state index in [2.05, 4.69) is 10.6 Å². The molecule has 210 valence electrons. The first-order valence-corrected chi connectivity index (χ1v) is 14.1. The Morgan fingerprint density at radius 1 is 1.08 bits per heavy atom. The Morgan fingerprint density at radius 3 is 2.44 bits per heavy atom. The fourth-order valence-corrected chi connectivity index (χ4v) is 5.06. The van der Waals surface area contributed by atoms with E-state index in [1.165, 1.54) is 0 Å². The van der Waals surface area contributed by atoms with E-state index in [1.54, 1.807) is 23.1 Å². The molecule has 4 rings (SSSR count). The van der Waals surface area contributed by atoms with E-state index in [4.69, 9.17) is 4.74 Å². The normalized spacial score (nSPS) is 17.9. The summed E-state index contributed by atoms with van der Waals surface area (Å²) in [6.07, 6.45) is 3.96. The van der Waals surface area contributed by atoms with Crippen LogP contribution in [0, 0.1) is 5.92 Å². The van der Waals surface area contributed by atoms with Gasteiger partial charge in [-0.3, -0.25) is 14.4 Å². The smallest absolute Gasteiger partial charge is 0.251 e. The van der Waals surface area contributed by atoms with Crippen molar-refractivity contribution in [1.82, 2.24) is 10.6 Å². The second kappa shape index (κ2) is 13.1. The molecule has 1 saturated carbocycles. The van der Waals surface area contributed by atoms with Gasteiger partial charge in [0, 0.05) is 42.2 Å². The van der Waals surface area contributed by atoms with Gasteiger partial charge in [-0.2, -0.15) is 0 Å². The van der Waals surface area contributed by atoms with E-state index in [-0.39, 0.29) is 36.3 Å². The van der Waals surface area contributed by atoms with E-state index in [0.717, 1.165) is 31.2 Å². The zero-order valence-corrected chi connectivity index (χ0v) is 23.2. The number of rotatable bonds is 12. The number of carbonyl (C=O) groups is 3. The number of amides is 3. The van der Waals surface area contributed by atoms with Crippen LogP contribution < -0.4 is 20.3 Å². The third-order valence-electron chi connectivity index (χ3n) is 7.48. The molecule has 1 aliphatic carbocycles. The van der Waals surface area contributed by atoms with Crippen LogP contribution in [0.3, 0.4) is 0 Å². The summed E-state index contributed by atoms with van der Waals surface area (Å²) in [5, 5.41) is 17.3. The van der Waals surface area contributed by atoms with Gasteiger partial charge >= 0.3 is 0 Å². The number of ether oxygens (including phenoxy) is 1. The highest BCUT2D eigenvalue weighted by molar-refractivity contribution is 5.99. The van der Waals surface area contributed by atoms with Crippen molar-refractivity contribution >= 4 is 23.4 Å². The predicted molar refractivity (Wildman–Crippen MR) is 151 cm³/mol. The summed E-state index contributed by atoms with van der Waals surface area (Å²) >= 11 is 0. The van der Waals surface area contributed by atoms with Crippen LogP contribution in [0.4, 0.5) is 5.69 Å². The highest BCUT2D eigenvalue weighted by Crippen LogP contribution is 2.29. The minimum Gasteiger partial charge on any atom is -0.491 e. The number of nitrogens with zero attached hydrogens (tertiary/aromatic N) is 1. The Kier molecular flexibility index (Phi) is 9.62. The Balaban J connectivity index is 1.53. The number of hydrogen-bond acceptors (Lipinski definition) is 5. The molecule has 0 aromatic heterocycles.